The van der Waals surface area contributed by atoms with Crippen molar-refractivity contribution in [3.63, 3.8) is 0 Å². The number of hydrogen-bond donors (Lipinski definition) is 1. The summed E-state index contributed by atoms with van der Waals surface area (Å²) >= 11 is 0. The maximum atomic E-state index is 6.03. The number of hydrogen-bond acceptors (Lipinski definition) is 2. The molecule has 0 aromatic heterocycles. The molecule has 0 atom stereocenters. The first-order valence-corrected chi connectivity index (χ1v) is 11.4. The molecule has 0 spiro atoms. The molecule has 4 fully saturated rings. The highest BCUT2D eigenvalue weighted by Crippen LogP contribution is 2.54. The van der Waals surface area contributed by atoms with Crippen LogP contribution in [0.15, 0.2) is 48.5 Å². The fourth-order valence-corrected chi connectivity index (χ4v) is 6.64. The van der Waals surface area contributed by atoms with Gasteiger partial charge in [0, 0.05) is 31.2 Å². The minimum Gasteiger partial charge on any atom is -0.493 e. The van der Waals surface area contributed by atoms with Gasteiger partial charge in [-0.3, -0.25) is 0 Å². The highest BCUT2D eigenvalue weighted by atomic mass is 16.5. The number of ether oxygens (including phenoxy) is 2. The van der Waals surface area contributed by atoms with Crippen LogP contribution in [-0.4, -0.2) is 19.3 Å². The van der Waals surface area contributed by atoms with Gasteiger partial charge in [-0.05, 0) is 60.8 Å². The van der Waals surface area contributed by atoms with Gasteiger partial charge < -0.3 is 14.8 Å². The molecular weight excluding hydrogens is 358 g/mol. The Morgan fingerprint density at radius 2 is 1.55 bits per heavy atom. The molecule has 0 aliphatic heterocycles. The maximum absolute atomic E-state index is 6.03. The van der Waals surface area contributed by atoms with Crippen molar-refractivity contribution < 1.29 is 14.8 Å². The van der Waals surface area contributed by atoms with E-state index >= 15 is 0 Å². The molecule has 3 heteroatoms. The smallest absolute Gasteiger partial charge is 0.161 e. The number of rotatable bonds is 8. The van der Waals surface area contributed by atoms with Gasteiger partial charge in [0.05, 0.1) is 19.3 Å². The third-order valence-electron chi connectivity index (χ3n) is 7.58. The minimum atomic E-state index is 0.521. The van der Waals surface area contributed by atoms with Gasteiger partial charge in [0.1, 0.15) is 6.54 Å². The molecule has 4 saturated carbocycles. The van der Waals surface area contributed by atoms with Crippen molar-refractivity contribution in [2.24, 2.45) is 17.8 Å². The fraction of sp³-hybridized carbons (Fsp3) is 0.538. The second-order valence-corrected chi connectivity index (χ2v) is 9.76. The Morgan fingerprint density at radius 1 is 0.862 bits per heavy atom. The Kier molecular flexibility index (Phi) is 5.26. The van der Waals surface area contributed by atoms with Gasteiger partial charge in [-0.2, -0.15) is 0 Å². The Balaban J connectivity index is 1.19. The zero-order valence-electron chi connectivity index (χ0n) is 17.6. The molecular formula is C26H34NO2+. The van der Waals surface area contributed by atoms with E-state index in [2.05, 4.69) is 47.8 Å². The summed E-state index contributed by atoms with van der Waals surface area (Å²) in [6.07, 6.45) is 9.76. The van der Waals surface area contributed by atoms with E-state index in [-0.39, 0.29) is 0 Å². The summed E-state index contributed by atoms with van der Waals surface area (Å²) in [7, 11) is 1.74. The molecule has 4 aliphatic rings. The predicted octanol–water partition coefficient (Wildman–Crippen LogP) is 4.35. The molecule has 3 nitrogen and oxygen atoms in total. The summed E-state index contributed by atoms with van der Waals surface area (Å²) in [6, 6.07) is 17.0. The maximum Gasteiger partial charge on any atom is 0.161 e. The molecule has 4 bridgehead atoms. The summed E-state index contributed by atoms with van der Waals surface area (Å²) in [4.78, 5) is 0. The number of quaternary nitrogens is 1. The lowest BCUT2D eigenvalue weighted by atomic mass is 9.53. The number of methoxy groups -OCH3 is 1. The Labute approximate surface area is 174 Å². The van der Waals surface area contributed by atoms with Gasteiger partial charge in [0.2, 0.25) is 0 Å². The molecule has 0 heterocycles. The van der Waals surface area contributed by atoms with Gasteiger partial charge >= 0.3 is 0 Å². The van der Waals surface area contributed by atoms with Crippen molar-refractivity contribution in [2.45, 2.75) is 57.0 Å². The molecule has 2 aromatic carbocycles. The lowest BCUT2D eigenvalue weighted by molar-refractivity contribution is -0.752. The first-order valence-electron chi connectivity index (χ1n) is 11.4. The third kappa shape index (κ3) is 4.16. The summed E-state index contributed by atoms with van der Waals surface area (Å²) in [5.41, 5.74) is 3.16. The largest absolute Gasteiger partial charge is 0.493 e. The van der Waals surface area contributed by atoms with Gasteiger partial charge in [0.25, 0.3) is 0 Å². The van der Waals surface area contributed by atoms with E-state index in [9.17, 15) is 0 Å². The molecule has 154 valence electrons. The topological polar surface area (TPSA) is 35.1 Å². The van der Waals surface area contributed by atoms with Crippen LogP contribution in [-0.2, 0) is 13.0 Å². The van der Waals surface area contributed by atoms with Crippen molar-refractivity contribution in [1.29, 1.82) is 0 Å². The standard InChI is InChI=1S/C26H33NO2/c1-28-25-14-20(7-8-24(25)29-10-9-19-5-3-2-4-6-19)18-27-26-15-21-11-22(16-26)13-23(12-21)17-26/h2-8,14,21-23,27H,9-13,15-18H2,1H3/p+1. The zero-order chi connectivity index (χ0) is 19.7. The Morgan fingerprint density at radius 3 is 2.21 bits per heavy atom. The van der Waals surface area contributed by atoms with Crippen molar-refractivity contribution in [3.8, 4) is 11.5 Å². The van der Waals surface area contributed by atoms with Crippen molar-refractivity contribution in [3.05, 3.63) is 59.7 Å². The average molecular weight is 393 g/mol. The molecule has 2 N–H and O–H groups in total. The van der Waals surface area contributed by atoms with E-state index in [0.29, 0.717) is 12.1 Å². The van der Waals surface area contributed by atoms with E-state index in [0.717, 1.165) is 42.2 Å². The molecule has 0 saturated heterocycles. The van der Waals surface area contributed by atoms with Crippen LogP contribution in [0.5, 0.6) is 11.5 Å². The Hall–Kier alpha value is -2.00. The van der Waals surface area contributed by atoms with Crippen LogP contribution in [0, 0.1) is 17.8 Å². The van der Waals surface area contributed by atoms with E-state index in [4.69, 9.17) is 9.47 Å². The average Bonchev–Trinajstić information content (AvgIpc) is 2.73. The van der Waals surface area contributed by atoms with Crippen molar-refractivity contribution in [2.75, 3.05) is 13.7 Å². The van der Waals surface area contributed by atoms with Crippen LogP contribution in [0.2, 0.25) is 0 Å². The quantitative estimate of drug-likeness (QED) is 0.725. The van der Waals surface area contributed by atoms with Gasteiger partial charge in [-0.1, -0.05) is 30.3 Å². The van der Waals surface area contributed by atoms with Crippen LogP contribution in [0.25, 0.3) is 0 Å². The lowest BCUT2D eigenvalue weighted by Gasteiger charge is -2.54. The normalized spacial score (nSPS) is 29.8. The van der Waals surface area contributed by atoms with Gasteiger partial charge in [-0.15, -0.1) is 0 Å². The van der Waals surface area contributed by atoms with Crippen LogP contribution in [0.1, 0.15) is 49.7 Å². The number of nitrogens with two attached hydrogens (primary N) is 1. The van der Waals surface area contributed by atoms with Crippen LogP contribution in [0.3, 0.4) is 0 Å². The predicted molar refractivity (Wildman–Crippen MR) is 115 cm³/mol. The second kappa shape index (κ2) is 8.02. The highest BCUT2D eigenvalue weighted by Gasteiger charge is 2.53. The molecule has 0 radical (unpaired) electrons. The zero-order valence-corrected chi connectivity index (χ0v) is 17.6. The summed E-state index contributed by atoms with van der Waals surface area (Å²) in [6.45, 7) is 1.71. The third-order valence-corrected chi connectivity index (χ3v) is 7.58. The fourth-order valence-electron chi connectivity index (χ4n) is 6.64. The summed E-state index contributed by atoms with van der Waals surface area (Å²) in [5, 5.41) is 2.67. The van der Waals surface area contributed by atoms with E-state index in [1.165, 1.54) is 49.7 Å². The summed E-state index contributed by atoms with van der Waals surface area (Å²) < 4.78 is 11.7. The first-order chi connectivity index (χ1) is 14.2. The molecule has 2 aromatic rings. The van der Waals surface area contributed by atoms with E-state index in [1.54, 1.807) is 7.11 Å². The van der Waals surface area contributed by atoms with Gasteiger partial charge in [0.15, 0.2) is 11.5 Å². The van der Waals surface area contributed by atoms with Crippen LogP contribution < -0.4 is 14.8 Å². The monoisotopic (exact) mass is 392 g/mol. The molecule has 0 amide bonds. The van der Waals surface area contributed by atoms with Crippen LogP contribution in [0.4, 0.5) is 0 Å². The minimum absolute atomic E-state index is 0.521. The van der Waals surface area contributed by atoms with E-state index in [1.807, 2.05) is 6.07 Å². The second-order valence-electron chi connectivity index (χ2n) is 9.76. The molecule has 0 unspecified atom stereocenters. The van der Waals surface area contributed by atoms with Crippen molar-refractivity contribution in [1.82, 2.24) is 0 Å². The SMILES string of the molecule is COc1cc(C[NH2+]C23CC4CC(CC(C4)C2)C3)ccc1OCCc1ccccc1. The number of benzene rings is 2. The van der Waals surface area contributed by atoms with Crippen molar-refractivity contribution >= 4 is 0 Å². The molecule has 6 rings (SSSR count). The molecule has 4 aliphatic carbocycles. The van der Waals surface area contributed by atoms with Gasteiger partial charge in [-0.25, -0.2) is 0 Å². The first kappa shape index (κ1) is 19.0. The Bertz CT molecular complexity index is 797. The summed E-state index contributed by atoms with van der Waals surface area (Å²) in [5.74, 6) is 4.73. The molecule has 29 heavy (non-hydrogen) atoms. The van der Waals surface area contributed by atoms with Crippen LogP contribution >= 0.6 is 0 Å². The van der Waals surface area contributed by atoms with E-state index < -0.39 is 0 Å². The highest BCUT2D eigenvalue weighted by molar-refractivity contribution is 5.42. The lowest BCUT2D eigenvalue weighted by Crippen LogP contribution is -2.97.